The number of nitrogens with zero attached hydrogens (tertiary/aromatic N) is 4. The number of aliphatic hydroxyl groups excluding tert-OH is 1. The molecule has 0 saturated carbocycles. The molecule has 8 nitrogen and oxygen atoms in total. The Balaban J connectivity index is 1.13. The monoisotopic (exact) mass is 554 g/mol. The largest absolute Gasteiger partial charge is 0.478 e. The van der Waals surface area contributed by atoms with Crippen LogP contribution in [0.4, 0.5) is 11.4 Å². The van der Waals surface area contributed by atoms with E-state index in [-0.39, 0.29) is 17.4 Å². The Morgan fingerprint density at radius 3 is 2.44 bits per heavy atom. The number of likely N-dealkylation sites (tertiary alicyclic amines) is 1. The fourth-order valence-electron chi connectivity index (χ4n) is 6.92. The molecule has 0 aromatic heterocycles. The molecular formula is C33H38N4O4. The summed E-state index contributed by atoms with van der Waals surface area (Å²) in [5.74, 6) is -0.743. The minimum atomic E-state index is -0.965. The number of anilines is 2. The molecule has 3 aromatic carbocycles. The molecule has 3 heterocycles. The number of carbonyl (C=O) groups excluding carboxylic acids is 1. The predicted octanol–water partition coefficient (Wildman–Crippen LogP) is 4.36. The highest BCUT2D eigenvalue weighted by atomic mass is 16.4. The highest BCUT2D eigenvalue weighted by Gasteiger charge is 2.53. The number of carboxylic acids is 1. The number of hydrogen-bond donors (Lipinski definition) is 2. The minimum absolute atomic E-state index is 0.105. The first-order valence-electron chi connectivity index (χ1n) is 14.6. The molecule has 1 spiro atoms. The van der Waals surface area contributed by atoms with Crippen LogP contribution < -0.4 is 9.80 Å². The molecule has 3 aromatic rings. The summed E-state index contributed by atoms with van der Waals surface area (Å²) in [7, 11) is 0. The van der Waals surface area contributed by atoms with Gasteiger partial charge < -0.3 is 29.8 Å². The van der Waals surface area contributed by atoms with Crippen molar-refractivity contribution in [1.82, 2.24) is 9.80 Å². The average Bonchev–Trinajstić information content (AvgIpc) is 3.40. The first kappa shape index (κ1) is 27.3. The first-order chi connectivity index (χ1) is 19.9. The summed E-state index contributed by atoms with van der Waals surface area (Å²) in [6.45, 7) is 6.30. The third-order valence-corrected chi connectivity index (χ3v) is 9.19. The van der Waals surface area contributed by atoms with Gasteiger partial charge in [-0.15, -0.1) is 0 Å². The highest BCUT2D eigenvalue weighted by molar-refractivity contribution is 5.93. The molecule has 2 N–H and O–H groups in total. The maximum Gasteiger partial charge on any atom is 0.335 e. The van der Waals surface area contributed by atoms with Crippen molar-refractivity contribution in [3.8, 4) is 0 Å². The van der Waals surface area contributed by atoms with Gasteiger partial charge in [0.05, 0.1) is 12.2 Å². The third-order valence-electron chi connectivity index (χ3n) is 9.19. The minimum Gasteiger partial charge on any atom is -0.478 e. The van der Waals surface area contributed by atoms with E-state index >= 15 is 0 Å². The molecule has 8 heteroatoms. The van der Waals surface area contributed by atoms with Crippen LogP contribution in [0.3, 0.4) is 0 Å². The molecule has 41 heavy (non-hydrogen) atoms. The molecule has 2 fully saturated rings. The smallest absolute Gasteiger partial charge is 0.335 e. The fourth-order valence-corrected chi connectivity index (χ4v) is 6.92. The second kappa shape index (κ2) is 11.2. The zero-order chi connectivity index (χ0) is 28.6. The van der Waals surface area contributed by atoms with Crippen molar-refractivity contribution in [2.24, 2.45) is 0 Å². The third kappa shape index (κ3) is 5.06. The lowest BCUT2D eigenvalue weighted by molar-refractivity contribution is -0.134. The zero-order valence-corrected chi connectivity index (χ0v) is 23.5. The van der Waals surface area contributed by atoms with Crippen LogP contribution in [0.2, 0.25) is 0 Å². The summed E-state index contributed by atoms with van der Waals surface area (Å²) in [4.78, 5) is 34.3. The van der Waals surface area contributed by atoms with E-state index in [1.807, 2.05) is 41.3 Å². The molecule has 2 saturated heterocycles. The average molecular weight is 555 g/mol. The van der Waals surface area contributed by atoms with Crippen LogP contribution in [-0.2, 0) is 11.3 Å². The van der Waals surface area contributed by atoms with Gasteiger partial charge in [-0.2, -0.15) is 0 Å². The van der Waals surface area contributed by atoms with Gasteiger partial charge in [0, 0.05) is 43.5 Å². The van der Waals surface area contributed by atoms with E-state index in [0.717, 1.165) is 62.4 Å². The van der Waals surface area contributed by atoms with Crippen LogP contribution in [0.15, 0.2) is 78.9 Å². The molecule has 1 amide bonds. The van der Waals surface area contributed by atoms with Gasteiger partial charge >= 0.3 is 5.97 Å². The number of aromatic carboxylic acids is 1. The summed E-state index contributed by atoms with van der Waals surface area (Å²) in [5, 5.41) is 20.2. The van der Waals surface area contributed by atoms with E-state index in [1.165, 1.54) is 5.56 Å². The Morgan fingerprint density at radius 1 is 0.951 bits per heavy atom. The van der Waals surface area contributed by atoms with Crippen molar-refractivity contribution < 1.29 is 19.8 Å². The van der Waals surface area contributed by atoms with Crippen molar-refractivity contribution in [2.75, 3.05) is 42.6 Å². The van der Waals surface area contributed by atoms with Crippen molar-refractivity contribution in [1.29, 1.82) is 0 Å². The van der Waals surface area contributed by atoms with Crippen molar-refractivity contribution in [2.45, 2.75) is 50.4 Å². The molecule has 0 bridgehead atoms. The van der Waals surface area contributed by atoms with Gasteiger partial charge in [0.25, 0.3) is 0 Å². The van der Waals surface area contributed by atoms with Crippen molar-refractivity contribution >= 4 is 23.3 Å². The summed E-state index contributed by atoms with van der Waals surface area (Å²) < 4.78 is 0. The zero-order valence-electron chi connectivity index (χ0n) is 23.5. The number of piperidine rings is 1. The summed E-state index contributed by atoms with van der Waals surface area (Å²) >= 11 is 0. The van der Waals surface area contributed by atoms with Crippen molar-refractivity contribution in [3.63, 3.8) is 0 Å². The van der Waals surface area contributed by atoms with E-state index in [2.05, 4.69) is 45.9 Å². The van der Waals surface area contributed by atoms with Crippen LogP contribution in [-0.4, -0.2) is 76.5 Å². The van der Waals surface area contributed by atoms with E-state index < -0.39 is 17.7 Å². The molecule has 3 aliphatic rings. The van der Waals surface area contributed by atoms with E-state index in [0.29, 0.717) is 13.2 Å². The molecule has 2 unspecified atom stereocenters. The molecule has 0 radical (unpaired) electrons. The lowest BCUT2D eigenvalue weighted by Gasteiger charge is -2.43. The van der Waals surface area contributed by atoms with E-state index in [4.69, 9.17) is 0 Å². The molecule has 2 atom stereocenters. The SMILES string of the molecule is CC1c2ccccc2N(CCCN2CCC3(CC2)C(=O)N(Cc2cccc(C(=O)O)c2)CN3c2ccccc2)C1O. The number of benzene rings is 3. The molecule has 3 aliphatic heterocycles. The normalized spacial score (nSPS) is 22.0. The number of para-hydroxylation sites is 2. The Kier molecular flexibility index (Phi) is 7.45. The molecular weight excluding hydrogens is 516 g/mol. The lowest BCUT2D eigenvalue weighted by Crippen LogP contribution is -2.56. The van der Waals surface area contributed by atoms with Crippen LogP contribution in [0.1, 0.15) is 53.6 Å². The Hall–Kier alpha value is -3.88. The topological polar surface area (TPSA) is 87.6 Å². The van der Waals surface area contributed by atoms with Gasteiger partial charge in [-0.1, -0.05) is 55.5 Å². The molecule has 6 rings (SSSR count). The van der Waals surface area contributed by atoms with E-state index in [1.54, 1.807) is 18.2 Å². The molecule has 0 aliphatic carbocycles. The van der Waals surface area contributed by atoms with Gasteiger partial charge in [-0.25, -0.2) is 4.79 Å². The second-order valence-corrected chi connectivity index (χ2v) is 11.6. The predicted molar refractivity (Wildman–Crippen MR) is 159 cm³/mol. The maximum absolute atomic E-state index is 14.1. The Labute approximate surface area is 241 Å². The standard InChI is InChI=1S/C33H38N4O4/c1-24-28-13-5-6-14-29(28)36(30(24)38)18-8-17-34-19-15-33(16-20-34)32(41)35(23-37(33)27-11-3-2-4-12-27)22-25-9-7-10-26(21-25)31(39)40/h2-7,9-14,21,24,30,38H,8,15-20,22-23H2,1H3,(H,39,40). The first-order valence-corrected chi connectivity index (χ1v) is 14.6. The Morgan fingerprint density at radius 2 is 1.68 bits per heavy atom. The summed E-state index contributed by atoms with van der Waals surface area (Å²) in [6.07, 6.45) is 1.92. The van der Waals surface area contributed by atoms with Gasteiger partial charge in [-0.3, -0.25) is 4.79 Å². The van der Waals surface area contributed by atoms with Gasteiger partial charge in [0.1, 0.15) is 11.8 Å². The molecule has 214 valence electrons. The summed E-state index contributed by atoms with van der Waals surface area (Å²) in [6, 6.07) is 25.3. The van der Waals surface area contributed by atoms with Gasteiger partial charge in [0.2, 0.25) is 5.91 Å². The number of hydrogen-bond acceptors (Lipinski definition) is 6. The number of amides is 1. The van der Waals surface area contributed by atoms with Crippen LogP contribution in [0.5, 0.6) is 0 Å². The number of aliphatic hydroxyl groups is 1. The maximum atomic E-state index is 14.1. The van der Waals surface area contributed by atoms with Gasteiger partial charge in [0.15, 0.2) is 0 Å². The van der Waals surface area contributed by atoms with Crippen LogP contribution in [0, 0.1) is 0 Å². The summed E-state index contributed by atoms with van der Waals surface area (Å²) in [5.41, 5.74) is 3.82. The Bertz CT molecular complexity index is 1410. The lowest BCUT2D eigenvalue weighted by atomic mass is 9.85. The fraction of sp³-hybridized carbons (Fsp3) is 0.394. The number of fused-ring (bicyclic) bond motifs is 1. The van der Waals surface area contributed by atoms with Crippen molar-refractivity contribution in [3.05, 3.63) is 95.6 Å². The van der Waals surface area contributed by atoms with Crippen LogP contribution in [0.25, 0.3) is 0 Å². The van der Waals surface area contributed by atoms with Crippen LogP contribution >= 0.6 is 0 Å². The van der Waals surface area contributed by atoms with E-state index in [9.17, 15) is 19.8 Å². The number of rotatable bonds is 8. The highest BCUT2D eigenvalue weighted by Crippen LogP contribution is 2.41. The number of carboxylic acid groups (broad SMARTS) is 1. The van der Waals surface area contributed by atoms with Gasteiger partial charge in [-0.05, 0) is 67.3 Å². The number of carbonyl (C=O) groups is 2. The quantitative estimate of drug-likeness (QED) is 0.428. The second-order valence-electron chi connectivity index (χ2n) is 11.6.